The zero-order chi connectivity index (χ0) is 22.3. The first kappa shape index (κ1) is 20.6. The largest absolute Gasteiger partial charge is 0.346 e. The van der Waals surface area contributed by atoms with Gasteiger partial charge in [-0.25, -0.2) is 9.37 Å². The molecule has 1 aliphatic heterocycles. The van der Waals surface area contributed by atoms with Crippen LogP contribution < -0.4 is 5.32 Å². The van der Waals surface area contributed by atoms with Gasteiger partial charge in [-0.3, -0.25) is 14.6 Å². The van der Waals surface area contributed by atoms with Gasteiger partial charge in [0.2, 0.25) is 5.91 Å². The van der Waals surface area contributed by atoms with Crippen molar-refractivity contribution in [2.45, 2.75) is 45.1 Å². The van der Waals surface area contributed by atoms with Crippen LogP contribution >= 0.6 is 0 Å². The van der Waals surface area contributed by atoms with Gasteiger partial charge in [0.05, 0.1) is 24.0 Å². The molecule has 32 heavy (non-hydrogen) atoms. The number of halogens is 1. The molecule has 0 spiro atoms. The van der Waals surface area contributed by atoms with Crippen LogP contribution in [0.2, 0.25) is 0 Å². The summed E-state index contributed by atoms with van der Waals surface area (Å²) >= 11 is 0. The minimum Gasteiger partial charge on any atom is -0.346 e. The molecule has 0 unspecified atom stereocenters. The van der Waals surface area contributed by atoms with Gasteiger partial charge >= 0.3 is 0 Å². The monoisotopic (exact) mass is 435 g/mol. The number of hydrogen-bond donors (Lipinski definition) is 1. The normalized spacial score (nSPS) is 18.0. The van der Waals surface area contributed by atoms with Crippen LogP contribution in [0.4, 0.5) is 4.39 Å². The summed E-state index contributed by atoms with van der Waals surface area (Å²) in [6, 6.07) is 4.85. The van der Waals surface area contributed by atoms with Crippen molar-refractivity contribution in [3.05, 3.63) is 65.6 Å². The minimum absolute atomic E-state index is 0.0201. The molecule has 2 aromatic heterocycles. The Morgan fingerprint density at radius 1 is 1.22 bits per heavy atom. The lowest BCUT2D eigenvalue weighted by atomic mass is 9.88. The molecule has 1 N–H and O–H groups in total. The zero-order valence-electron chi connectivity index (χ0n) is 18.1. The number of imidazole rings is 1. The third-order valence-electron chi connectivity index (χ3n) is 6.77. The van der Waals surface area contributed by atoms with Crippen LogP contribution in [0.15, 0.2) is 43.0 Å². The van der Waals surface area contributed by atoms with Crippen LogP contribution in [0.25, 0.3) is 5.65 Å². The minimum atomic E-state index is -0.526. The number of benzene rings is 1. The van der Waals surface area contributed by atoms with Crippen molar-refractivity contribution in [1.82, 2.24) is 24.6 Å². The fraction of sp³-hybridized carbons (Fsp3) is 0.417. The van der Waals surface area contributed by atoms with Crippen LogP contribution in [-0.2, 0) is 11.3 Å². The van der Waals surface area contributed by atoms with Crippen molar-refractivity contribution in [3.8, 4) is 0 Å². The van der Waals surface area contributed by atoms with E-state index < -0.39 is 11.7 Å². The average Bonchev–Trinajstić information content (AvgIpc) is 3.39. The highest BCUT2D eigenvalue weighted by Gasteiger charge is 2.47. The third kappa shape index (κ3) is 3.97. The molecule has 0 atom stereocenters. The maximum absolute atomic E-state index is 14.8. The van der Waals surface area contributed by atoms with Gasteiger partial charge in [-0.05, 0) is 49.3 Å². The molecule has 2 aliphatic rings. The van der Waals surface area contributed by atoms with Crippen molar-refractivity contribution in [2.24, 2.45) is 5.41 Å². The van der Waals surface area contributed by atoms with Crippen molar-refractivity contribution in [3.63, 3.8) is 0 Å². The molecule has 1 aromatic carbocycles. The van der Waals surface area contributed by atoms with E-state index in [1.165, 1.54) is 6.07 Å². The Bertz CT molecular complexity index is 1180. The van der Waals surface area contributed by atoms with E-state index in [0.717, 1.165) is 36.9 Å². The molecule has 7 nitrogen and oxygen atoms in total. The fourth-order valence-electron chi connectivity index (χ4n) is 4.39. The summed E-state index contributed by atoms with van der Waals surface area (Å²) in [5, 5.41) is 2.73. The van der Waals surface area contributed by atoms with Gasteiger partial charge < -0.3 is 14.6 Å². The van der Waals surface area contributed by atoms with Gasteiger partial charge in [0, 0.05) is 37.1 Å². The van der Waals surface area contributed by atoms with E-state index in [-0.39, 0.29) is 29.3 Å². The number of hydrogen-bond acceptors (Lipinski definition) is 4. The van der Waals surface area contributed by atoms with E-state index in [4.69, 9.17) is 0 Å². The Morgan fingerprint density at radius 2 is 2.00 bits per heavy atom. The molecule has 8 heteroatoms. The molecule has 1 saturated carbocycles. The maximum atomic E-state index is 14.8. The van der Waals surface area contributed by atoms with Crippen LogP contribution in [0.5, 0.6) is 0 Å². The van der Waals surface area contributed by atoms with Gasteiger partial charge in [-0.1, -0.05) is 13.0 Å². The number of carbonyl (C=O) groups excluding carboxylic acids is 2. The summed E-state index contributed by atoms with van der Waals surface area (Å²) in [7, 11) is 0. The Morgan fingerprint density at radius 3 is 2.72 bits per heavy atom. The number of piperidine rings is 1. The van der Waals surface area contributed by atoms with Gasteiger partial charge in [0.25, 0.3) is 5.91 Å². The molecule has 2 amide bonds. The molecule has 1 saturated heterocycles. The van der Waals surface area contributed by atoms with Crippen LogP contribution in [0.3, 0.4) is 0 Å². The molecule has 0 bridgehead atoms. The van der Waals surface area contributed by atoms with E-state index in [1.54, 1.807) is 30.9 Å². The summed E-state index contributed by atoms with van der Waals surface area (Å²) in [6.45, 7) is 3.64. The lowest BCUT2D eigenvalue weighted by molar-refractivity contribution is -0.137. The Balaban J connectivity index is 1.19. The number of rotatable bonds is 5. The number of amides is 2. The Hall–Kier alpha value is -3.29. The predicted octanol–water partition coefficient (Wildman–Crippen LogP) is 3.30. The summed E-state index contributed by atoms with van der Waals surface area (Å²) in [6.07, 6.45) is 10.5. The average molecular weight is 436 g/mol. The van der Waals surface area contributed by atoms with Crippen molar-refractivity contribution in [2.75, 3.05) is 13.1 Å². The summed E-state index contributed by atoms with van der Waals surface area (Å²) < 4.78 is 16.6. The van der Waals surface area contributed by atoms with E-state index in [2.05, 4.69) is 15.3 Å². The van der Waals surface area contributed by atoms with Gasteiger partial charge in [-0.15, -0.1) is 0 Å². The third-order valence-corrected chi connectivity index (χ3v) is 6.77. The number of aromatic nitrogens is 3. The van der Waals surface area contributed by atoms with Crippen molar-refractivity contribution < 1.29 is 14.0 Å². The lowest BCUT2D eigenvalue weighted by Crippen LogP contribution is -2.41. The lowest BCUT2D eigenvalue weighted by Gasteiger charge is -2.34. The second kappa shape index (κ2) is 8.00. The fourth-order valence-corrected chi connectivity index (χ4v) is 4.39. The highest BCUT2D eigenvalue weighted by Crippen LogP contribution is 2.47. The second-order valence-corrected chi connectivity index (χ2v) is 9.12. The maximum Gasteiger partial charge on any atom is 0.254 e. The summed E-state index contributed by atoms with van der Waals surface area (Å²) in [5.41, 5.74) is 2.14. The molecular weight excluding hydrogens is 409 g/mol. The highest BCUT2D eigenvalue weighted by molar-refractivity contribution is 5.94. The van der Waals surface area contributed by atoms with Crippen LogP contribution in [0, 0.1) is 11.2 Å². The molecule has 3 aromatic rings. The highest BCUT2D eigenvalue weighted by atomic mass is 19.1. The molecule has 1 aliphatic carbocycles. The van der Waals surface area contributed by atoms with E-state index in [1.807, 2.05) is 22.3 Å². The number of fused-ring (bicyclic) bond motifs is 1. The quantitative estimate of drug-likeness (QED) is 0.667. The first-order valence-electron chi connectivity index (χ1n) is 11.1. The number of likely N-dealkylation sites (tertiary alicyclic amines) is 1. The Labute approximate surface area is 185 Å². The molecule has 2 fully saturated rings. The second-order valence-electron chi connectivity index (χ2n) is 9.12. The first-order valence-corrected chi connectivity index (χ1v) is 11.1. The molecule has 0 radical (unpaired) electrons. The van der Waals surface area contributed by atoms with E-state index in [0.29, 0.717) is 18.8 Å². The summed E-state index contributed by atoms with van der Waals surface area (Å²) in [4.78, 5) is 35.4. The van der Waals surface area contributed by atoms with Crippen LogP contribution in [0.1, 0.15) is 60.1 Å². The smallest absolute Gasteiger partial charge is 0.254 e. The molecule has 5 rings (SSSR count). The first-order chi connectivity index (χ1) is 15.4. The van der Waals surface area contributed by atoms with Crippen LogP contribution in [-0.4, -0.2) is 44.2 Å². The molecule has 3 heterocycles. The predicted molar refractivity (Wildman–Crippen MR) is 116 cm³/mol. The van der Waals surface area contributed by atoms with Gasteiger partial charge in [-0.2, -0.15) is 0 Å². The van der Waals surface area contributed by atoms with Crippen molar-refractivity contribution >= 4 is 17.5 Å². The Kier molecular flexibility index (Phi) is 5.15. The standard InChI is InChI=1S/C24H26FN5O2/c1-24(6-7-24)23(32)29-9-4-16(5-10-29)17-2-3-19(20(25)12-17)22(31)28-13-18-15-30-11-8-26-21(30)14-27-18/h2-3,8,11-12,14-16H,4-7,9-10,13H2,1H3,(H,28,31). The SMILES string of the molecule is CC1(C(=O)N2CCC(c3ccc(C(=O)NCc4cn5ccnc5cn4)c(F)c3)CC2)CC1. The summed E-state index contributed by atoms with van der Waals surface area (Å²) in [5.74, 6) is -0.540. The number of nitrogens with zero attached hydrogens (tertiary/aromatic N) is 4. The van der Waals surface area contributed by atoms with E-state index >= 15 is 0 Å². The zero-order valence-corrected chi connectivity index (χ0v) is 18.1. The van der Waals surface area contributed by atoms with Crippen molar-refractivity contribution in [1.29, 1.82) is 0 Å². The topological polar surface area (TPSA) is 79.6 Å². The van der Waals surface area contributed by atoms with Gasteiger partial charge in [0.1, 0.15) is 5.82 Å². The number of carbonyl (C=O) groups is 2. The molecule has 166 valence electrons. The number of nitrogens with one attached hydrogen (secondary N) is 1. The van der Waals surface area contributed by atoms with Gasteiger partial charge in [0.15, 0.2) is 5.65 Å². The van der Waals surface area contributed by atoms with E-state index in [9.17, 15) is 14.0 Å². The molecular formula is C24H26FN5O2.